The minimum absolute atomic E-state index is 0.548. The topological polar surface area (TPSA) is 21.3 Å². The highest BCUT2D eigenvalue weighted by Gasteiger charge is 2.08. The van der Waals surface area contributed by atoms with Crippen molar-refractivity contribution in [3.05, 3.63) is 64.7 Å². The third-order valence-electron chi connectivity index (χ3n) is 3.72. The van der Waals surface area contributed by atoms with Gasteiger partial charge in [-0.15, -0.1) is 0 Å². The van der Waals surface area contributed by atoms with E-state index in [4.69, 9.17) is 16.3 Å². The SMILES string of the molecule is COc1cccc(Cl)c1CNCCC(C)c1ccccc1. The van der Waals surface area contributed by atoms with Crippen LogP contribution in [0.15, 0.2) is 48.5 Å². The molecule has 0 saturated heterocycles. The summed E-state index contributed by atoms with van der Waals surface area (Å²) in [5.41, 5.74) is 2.41. The molecule has 21 heavy (non-hydrogen) atoms. The third-order valence-corrected chi connectivity index (χ3v) is 4.07. The van der Waals surface area contributed by atoms with Gasteiger partial charge in [-0.05, 0) is 36.6 Å². The van der Waals surface area contributed by atoms with E-state index >= 15 is 0 Å². The van der Waals surface area contributed by atoms with Crippen molar-refractivity contribution >= 4 is 11.6 Å². The number of halogens is 1. The maximum atomic E-state index is 6.23. The molecule has 0 saturated carbocycles. The molecule has 0 radical (unpaired) electrons. The highest BCUT2D eigenvalue weighted by atomic mass is 35.5. The molecule has 0 heterocycles. The van der Waals surface area contributed by atoms with Crippen LogP contribution in [0.5, 0.6) is 5.75 Å². The van der Waals surface area contributed by atoms with Gasteiger partial charge in [-0.25, -0.2) is 0 Å². The first-order valence-electron chi connectivity index (χ1n) is 7.29. The minimum atomic E-state index is 0.548. The van der Waals surface area contributed by atoms with Crippen molar-refractivity contribution in [2.45, 2.75) is 25.8 Å². The first kappa shape index (κ1) is 15.9. The summed E-state index contributed by atoms with van der Waals surface area (Å²) in [6.45, 7) is 3.93. The molecule has 112 valence electrons. The number of nitrogens with one attached hydrogen (secondary N) is 1. The molecule has 0 aromatic heterocycles. The molecule has 1 N–H and O–H groups in total. The van der Waals surface area contributed by atoms with Crippen molar-refractivity contribution in [3.8, 4) is 5.75 Å². The smallest absolute Gasteiger partial charge is 0.124 e. The van der Waals surface area contributed by atoms with Crippen LogP contribution in [0.1, 0.15) is 30.4 Å². The van der Waals surface area contributed by atoms with Gasteiger partial charge in [0.05, 0.1) is 7.11 Å². The number of hydrogen-bond acceptors (Lipinski definition) is 2. The van der Waals surface area contributed by atoms with E-state index in [2.05, 4.69) is 42.6 Å². The Morgan fingerprint density at radius 3 is 2.57 bits per heavy atom. The molecular formula is C18H22ClNO. The Labute approximate surface area is 132 Å². The molecule has 2 nitrogen and oxygen atoms in total. The zero-order valence-corrected chi connectivity index (χ0v) is 13.4. The standard InChI is InChI=1S/C18H22ClNO/c1-14(15-7-4-3-5-8-15)11-12-20-13-16-17(19)9-6-10-18(16)21-2/h3-10,14,20H,11-13H2,1-2H3. The van der Waals surface area contributed by atoms with E-state index < -0.39 is 0 Å². The summed E-state index contributed by atoms with van der Waals surface area (Å²) in [5, 5.41) is 4.20. The summed E-state index contributed by atoms with van der Waals surface area (Å²) in [6.07, 6.45) is 1.09. The van der Waals surface area contributed by atoms with E-state index in [0.29, 0.717) is 5.92 Å². The minimum Gasteiger partial charge on any atom is -0.496 e. The molecule has 0 aliphatic rings. The van der Waals surface area contributed by atoms with E-state index in [0.717, 1.165) is 35.8 Å². The van der Waals surface area contributed by atoms with Gasteiger partial charge in [-0.3, -0.25) is 0 Å². The van der Waals surface area contributed by atoms with Crippen molar-refractivity contribution < 1.29 is 4.74 Å². The molecule has 0 amide bonds. The zero-order valence-electron chi connectivity index (χ0n) is 12.6. The lowest BCUT2D eigenvalue weighted by molar-refractivity contribution is 0.407. The fourth-order valence-corrected chi connectivity index (χ4v) is 2.61. The summed E-state index contributed by atoms with van der Waals surface area (Å²) < 4.78 is 5.35. The average Bonchev–Trinajstić information content (AvgIpc) is 2.53. The Hall–Kier alpha value is -1.51. The summed E-state index contributed by atoms with van der Waals surface area (Å²) >= 11 is 6.23. The van der Waals surface area contributed by atoms with Crippen LogP contribution in [-0.2, 0) is 6.54 Å². The number of methoxy groups -OCH3 is 1. The van der Waals surface area contributed by atoms with Gasteiger partial charge in [0, 0.05) is 17.1 Å². The van der Waals surface area contributed by atoms with Crippen LogP contribution >= 0.6 is 11.6 Å². The van der Waals surface area contributed by atoms with Crippen LogP contribution < -0.4 is 10.1 Å². The Balaban J connectivity index is 1.83. The van der Waals surface area contributed by atoms with Gasteiger partial charge in [-0.2, -0.15) is 0 Å². The quantitative estimate of drug-likeness (QED) is 0.753. The lowest BCUT2D eigenvalue weighted by Gasteiger charge is -2.14. The molecular weight excluding hydrogens is 282 g/mol. The van der Waals surface area contributed by atoms with Crippen molar-refractivity contribution in [1.29, 1.82) is 0 Å². The predicted molar refractivity (Wildman–Crippen MR) is 89.2 cm³/mol. The van der Waals surface area contributed by atoms with Gasteiger partial charge in [-0.1, -0.05) is 54.9 Å². The summed E-state index contributed by atoms with van der Waals surface area (Å²) in [5.74, 6) is 1.39. The molecule has 0 bridgehead atoms. The zero-order chi connectivity index (χ0) is 15.1. The van der Waals surface area contributed by atoms with Crippen LogP contribution in [0.3, 0.4) is 0 Å². The molecule has 2 aromatic carbocycles. The van der Waals surface area contributed by atoms with Gasteiger partial charge in [0.25, 0.3) is 0 Å². The molecule has 2 rings (SSSR count). The largest absolute Gasteiger partial charge is 0.496 e. The van der Waals surface area contributed by atoms with Gasteiger partial charge in [0.1, 0.15) is 5.75 Å². The first-order chi connectivity index (χ1) is 10.2. The van der Waals surface area contributed by atoms with Crippen molar-refractivity contribution in [2.24, 2.45) is 0 Å². The second-order valence-corrected chi connectivity index (χ2v) is 5.61. The number of hydrogen-bond donors (Lipinski definition) is 1. The van der Waals surface area contributed by atoms with E-state index in [1.54, 1.807) is 7.11 Å². The fourth-order valence-electron chi connectivity index (χ4n) is 2.38. The Morgan fingerprint density at radius 2 is 1.86 bits per heavy atom. The molecule has 0 spiro atoms. The van der Waals surface area contributed by atoms with Crippen LogP contribution in [0.4, 0.5) is 0 Å². The summed E-state index contributed by atoms with van der Waals surface area (Å²) in [7, 11) is 1.67. The second kappa shape index (κ2) is 8.06. The highest BCUT2D eigenvalue weighted by Crippen LogP contribution is 2.26. The summed E-state index contributed by atoms with van der Waals surface area (Å²) in [4.78, 5) is 0. The second-order valence-electron chi connectivity index (χ2n) is 5.20. The molecule has 1 unspecified atom stereocenters. The number of benzene rings is 2. The lowest BCUT2D eigenvalue weighted by atomic mass is 9.98. The predicted octanol–water partition coefficient (Wildman–Crippen LogP) is 4.63. The molecule has 0 aliphatic heterocycles. The fraction of sp³-hybridized carbons (Fsp3) is 0.333. The maximum absolute atomic E-state index is 6.23. The monoisotopic (exact) mass is 303 g/mol. The van der Waals surface area contributed by atoms with Crippen molar-refractivity contribution in [1.82, 2.24) is 5.32 Å². The normalized spacial score (nSPS) is 12.1. The molecule has 0 aliphatic carbocycles. The Morgan fingerprint density at radius 1 is 1.10 bits per heavy atom. The van der Waals surface area contributed by atoms with E-state index in [9.17, 15) is 0 Å². The average molecular weight is 304 g/mol. The number of rotatable bonds is 7. The van der Waals surface area contributed by atoms with E-state index in [1.807, 2.05) is 18.2 Å². The maximum Gasteiger partial charge on any atom is 0.124 e. The molecule has 3 heteroatoms. The van der Waals surface area contributed by atoms with E-state index in [1.165, 1.54) is 5.56 Å². The van der Waals surface area contributed by atoms with Crippen molar-refractivity contribution in [2.75, 3.05) is 13.7 Å². The Kier molecular flexibility index (Phi) is 6.09. The lowest BCUT2D eigenvalue weighted by Crippen LogP contribution is -2.17. The van der Waals surface area contributed by atoms with Crippen LogP contribution in [0.2, 0.25) is 5.02 Å². The van der Waals surface area contributed by atoms with Gasteiger partial charge < -0.3 is 10.1 Å². The number of ether oxygens (including phenoxy) is 1. The van der Waals surface area contributed by atoms with Gasteiger partial charge in [0.15, 0.2) is 0 Å². The van der Waals surface area contributed by atoms with Crippen molar-refractivity contribution in [3.63, 3.8) is 0 Å². The molecule has 2 aromatic rings. The van der Waals surface area contributed by atoms with Crippen LogP contribution in [0, 0.1) is 0 Å². The van der Waals surface area contributed by atoms with Crippen LogP contribution in [0.25, 0.3) is 0 Å². The summed E-state index contributed by atoms with van der Waals surface area (Å²) in [6, 6.07) is 16.3. The third kappa shape index (κ3) is 4.48. The van der Waals surface area contributed by atoms with Crippen LogP contribution in [-0.4, -0.2) is 13.7 Å². The molecule has 1 atom stereocenters. The van der Waals surface area contributed by atoms with Gasteiger partial charge >= 0.3 is 0 Å². The van der Waals surface area contributed by atoms with Gasteiger partial charge in [0.2, 0.25) is 0 Å². The molecule has 0 fully saturated rings. The Bertz CT molecular complexity index is 556. The van der Waals surface area contributed by atoms with E-state index in [-0.39, 0.29) is 0 Å². The first-order valence-corrected chi connectivity index (χ1v) is 7.67. The highest BCUT2D eigenvalue weighted by molar-refractivity contribution is 6.31.